The maximum Gasteiger partial charge on any atom is 0.314 e. The van der Waals surface area contributed by atoms with Crippen molar-refractivity contribution < 1.29 is 9.59 Å². The number of hydrogen-bond acceptors (Lipinski definition) is 5. The SMILES string of the molecule is CN1CCN(c2ccc(NC(=O)C(=O)Nc3ccc(N4CCCCC4)cc3)cc2)CC1. The van der Waals surface area contributed by atoms with Crippen LogP contribution in [0.25, 0.3) is 0 Å². The summed E-state index contributed by atoms with van der Waals surface area (Å²) in [6, 6.07) is 15.3. The van der Waals surface area contributed by atoms with Crippen LogP contribution < -0.4 is 20.4 Å². The van der Waals surface area contributed by atoms with Crippen molar-refractivity contribution in [2.75, 3.05) is 66.7 Å². The quantitative estimate of drug-likeness (QED) is 0.743. The van der Waals surface area contributed by atoms with E-state index in [2.05, 4.69) is 32.4 Å². The normalized spacial score (nSPS) is 17.3. The summed E-state index contributed by atoms with van der Waals surface area (Å²) in [5.41, 5.74) is 3.51. The first kappa shape index (κ1) is 21.2. The summed E-state index contributed by atoms with van der Waals surface area (Å²) in [6.45, 7) is 6.20. The van der Waals surface area contributed by atoms with Crippen molar-refractivity contribution in [2.45, 2.75) is 19.3 Å². The van der Waals surface area contributed by atoms with Gasteiger partial charge in [-0.25, -0.2) is 0 Å². The van der Waals surface area contributed by atoms with E-state index in [9.17, 15) is 9.59 Å². The summed E-state index contributed by atoms with van der Waals surface area (Å²) in [4.78, 5) is 31.6. The minimum Gasteiger partial charge on any atom is -0.372 e. The first-order valence-corrected chi connectivity index (χ1v) is 11.1. The third-order valence-corrected chi connectivity index (χ3v) is 6.05. The van der Waals surface area contributed by atoms with E-state index < -0.39 is 11.8 Å². The third kappa shape index (κ3) is 5.55. The number of amides is 2. The van der Waals surface area contributed by atoms with Crippen molar-refractivity contribution in [1.29, 1.82) is 0 Å². The van der Waals surface area contributed by atoms with Crippen LogP contribution in [0.15, 0.2) is 48.5 Å². The number of nitrogens with zero attached hydrogens (tertiary/aromatic N) is 3. The fourth-order valence-corrected chi connectivity index (χ4v) is 4.10. The Bertz CT molecular complexity index is 883. The van der Waals surface area contributed by atoms with E-state index in [-0.39, 0.29) is 0 Å². The van der Waals surface area contributed by atoms with Crippen molar-refractivity contribution in [3.8, 4) is 0 Å². The number of benzene rings is 2. The van der Waals surface area contributed by atoms with E-state index >= 15 is 0 Å². The van der Waals surface area contributed by atoms with Gasteiger partial charge in [0.25, 0.3) is 0 Å². The second-order valence-corrected chi connectivity index (χ2v) is 8.34. The van der Waals surface area contributed by atoms with Crippen molar-refractivity contribution in [3.05, 3.63) is 48.5 Å². The predicted octanol–water partition coefficient (Wildman–Crippen LogP) is 3.01. The van der Waals surface area contributed by atoms with E-state index in [1.165, 1.54) is 19.3 Å². The van der Waals surface area contributed by atoms with Gasteiger partial charge in [0.15, 0.2) is 0 Å². The van der Waals surface area contributed by atoms with Crippen LogP contribution in [0.1, 0.15) is 19.3 Å². The van der Waals surface area contributed by atoms with Gasteiger partial charge in [-0.05, 0) is 74.8 Å². The molecule has 2 aliphatic heterocycles. The van der Waals surface area contributed by atoms with Gasteiger partial charge in [0.1, 0.15) is 0 Å². The molecule has 0 aliphatic carbocycles. The highest BCUT2D eigenvalue weighted by atomic mass is 16.2. The highest BCUT2D eigenvalue weighted by Gasteiger charge is 2.17. The fourth-order valence-electron chi connectivity index (χ4n) is 4.10. The fraction of sp³-hybridized carbons (Fsp3) is 0.417. The smallest absolute Gasteiger partial charge is 0.314 e. The van der Waals surface area contributed by atoms with Crippen LogP contribution in [0.4, 0.5) is 22.7 Å². The van der Waals surface area contributed by atoms with Crippen LogP contribution in [-0.4, -0.2) is 63.0 Å². The van der Waals surface area contributed by atoms with Crippen LogP contribution in [0, 0.1) is 0 Å². The van der Waals surface area contributed by atoms with Gasteiger partial charge in [-0.15, -0.1) is 0 Å². The maximum atomic E-state index is 12.3. The first-order valence-electron chi connectivity index (χ1n) is 11.1. The van der Waals surface area contributed by atoms with Gasteiger partial charge in [0, 0.05) is 62.0 Å². The molecular weight excluding hydrogens is 390 g/mol. The van der Waals surface area contributed by atoms with Gasteiger partial charge in [0.05, 0.1) is 0 Å². The maximum absolute atomic E-state index is 12.3. The Hall–Kier alpha value is -3.06. The lowest BCUT2D eigenvalue weighted by molar-refractivity contribution is -0.132. The number of rotatable bonds is 4. The van der Waals surface area contributed by atoms with E-state index in [1.54, 1.807) is 0 Å². The molecule has 0 aromatic heterocycles. The number of anilines is 4. The summed E-state index contributed by atoms with van der Waals surface area (Å²) in [5.74, 6) is -1.35. The van der Waals surface area contributed by atoms with Crippen molar-refractivity contribution >= 4 is 34.6 Å². The zero-order valence-corrected chi connectivity index (χ0v) is 18.1. The molecular formula is C24H31N5O2. The molecule has 2 amide bonds. The summed E-state index contributed by atoms with van der Waals surface area (Å²) in [7, 11) is 2.13. The average Bonchev–Trinajstić information content (AvgIpc) is 2.81. The van der Waals surface area contributed by atoms with Crippen molar-refractivity contribution in [2.24, 2.45) is 0 Å². The van der Waals surface area contributed by atoms with Crippen LogP contribution >= 0.6 is 0 Å². The Morgan fingerprint density at radius 1 is 0.613 bits per heavy atom. The molecule has 2 aromatic carbocycles. The molecule has 0 atom stereocenters. The zero-order valence-electron chi connectivity index (χ0n) is 18.1. The molecule has 0 bridgehead atoms. The standard InChI is InChI=1S/C24H31N5O2/c1-27-15-17-29(18-16-27)22-11-7-20(8-12-22)26-24(31)23(30)25-19-5-9-21(10-6-19)28-13-3-2-4-14-28/h5-12H,2-4,13-18H2,1H3,(H,25,30)(H,26,31). The molecule has 0 spiro atoms. The van der Waals surface area contributed by atoms with E-state index in [0.29, 0.717) is 11.4 Å². The van der Waals surface area contributed by atoms with Crippen molar-refractivity contribution in [3.63, 3.8) is 0 Å². The zero-order chi connectivity index (χ0) is 21.6. The molecule has 2 aromatic rings. The molecule has 2 aliphatic rings. The van der Waals surface area contributed by atoms with Crippen molar-refractivity contribution in [1.82, 2.24) is 4.90 Å². The molecule has 7 nitrogen and oxygen atoms in total. The second kappa shape index (κ2) is 9.83. The van der Waals surface area contributed by atoms with Gasteiger partial charge in [-0.2, -0.15) is 0 Å². The number of likely N-dealkylation sites (N-methyl/N-ethyl adjacent to an activating group) is 1. The molecule has 2 fully saturated rings. The monoisotopic (exact) mass is 421 g/mol. The first-order chi connectivity index (χ1) is 15.1. The van der Waals surface area contributed by atoms with Crippen LogP contribution in [-0.2, 0) is 9.59 Å². The highest BCUT2D eigenvalue weighted by Crippen LogP contribution is 2.22. The predicted molar refractivity (Wildman–Crippen MR) is 126 cm³/mol. The number of carbonyl (C=O) groups is 2. The molecule has 0 radical (unpaired) electrons. The summed E-state index contributed by atoms with van der Waals surface area (Å²) in [5, 5.41) is 5.35. The number of hydrogen-bond donors (Lipinski definition) is 2. The molecule has 164 valence electrons. The average molecular weight is 422 g/mol. The van der Waals surface area contributed by atoms with E-state index in [4.69, 9.17) is 0 Å². The topological polar surface area (TPSA) is 67.9 Å². The van der Waals surface area contributed by atoms with Gasteiger partial charge in [-0.3, -0.25) is 9.59 Å². The molecule has 7 heteroatoms. The largest absolute Gasteiger partial charge is 0.372 e. The van der Waals surface area contributed by atoms with Crippen LogP contribution in [0.5, 0.6) is 0 Å². The number of nitrogens with one attached hydrogen (secondary N) is 2. The Labute approximate surface area is 184 Å². The van der Waals surface area contributed by atoms with Gasteiger partial charge in [0.2, 0.25) is 0 Å². The Morgan fingerprint density at radius 2 is 1.03 bits per heavy atom. The minimum absolute atomic E-state index is 0.610. The molecule has 31 heavy (non-hydrogen) atoms. The molecule has 2 N–H and O–H groups in total. The molecule has 0 unspecified atom stereocenters. The molecule has 2 heterocycles. The summed E-state index contributed by atoms with van der Waals surface area (Å²) < 4.78 is 0. The Kier molecular flexibility index (Phi) is 6.72. The lowest BCUT2D eigenvalue weighted by Crippen LogP contribution is -2.44. The van der Waals surface area contributed by atoms with Gasteiger partial charge >= 0.3 is 11.8 Å². The Morgan fingerprint density at radius 3 is 1.48 bits per heavy atom. The van der Waals surface area contributed by atoms with Gasteiger partial charge < -0.3 is 25.3 Å². The lowest BCUT2D eigenvalue weighted by Gasteiger charge is -2.34. The lowest BCUT2D eigenvalue weighted by atomic mass is 10.1. The highest BCUT2D eigenvalue weighted by molar-refractivity contribution is 6.43. The second-order valence-electron chi connectivity index (χ2n) is 8.34. The third-order valence-electron chi connectivity index (χ3n) is 6.05. The van der Waals surface area contributed by atoms with E-state index in [1.807, 2.05) is 48.5 Å². The number of carbonyl (C=O) groups excluding carboxylic acids is 2. The summed E-state index contributed by atoms with van der Waals surface area (Å²) in [6.07, 6.45) is 3.72. The minimum atomic E-state index is -0.674. The molecule has 2 saturated heterocycles. The van der Waals surface area contributed by atoms with Crippen LogP contribution in [0.3, 0.4) is 0 Å². The Balaban J connectivity index is 1.28. The van der Waals surface area contributed by atoms with Crippen LogP contribution in [0.2, 0.25) is 0 Å². The molecule has 0 saturated carbocycles. The van der Waals surface area contributed by atoms with Gasteiger partial charge in [-0.1, -0.05) is 0 Å². The molecule has 4 rings (SSSR count). The summed E-state index contributed by atoms with van der Waals surface area (Å²) >= 11 is 0. The number of piperazine rings is 1. The number of piperidine rings is 1. The van der Waals surface area contributed by atoms with E-state index in [0.717, 1.165) is 50.6 Å².